The first-order valence-electron chi connectivity index (χ1n) is 8.89. The van der Waals surface area contributed by atoms with Crippen LogP contribution in [0.4, 0.5) is 0 Å². The van der Waals surface area contributed by atoms with E-state index in [0.717, 1.165) is 39.6 Å². The topological polar surface area (TPSA) is 42.0 Å². The molecule has 0 saturated carbocycles. The predicted octanol–water partition coefficient (Wildman–Crippen LogP) is 5.74. The van der Waals surface area contributed by atoms with Gasteiger partial charge in [0, 0.05) is 23.0 Å². The van der Waals surface area contributed by atoms with Crippen LogP contribution < -0.4 is 5.32 Å². The molecule has 1 heterocycles. The van der Waals surface area contributed by atoms with Gasteiger partial charge in [0.05, 0.1) is 5.69 Å². The molecule has 0 aliphatic heterocycles. The molecule has 1 atom stereocenters. The fourth-order valence-electron chi connectivity index (χ4n) is 3.30. The van der Waals surface area contributed by atoms with Crippen LogP contribution in [-0.4, -0.2) is 17.9 Å². The lowest BCUT2D eigenvalue weighted by atomic mass is 9.89. The van der Waals surface area contributed by atoms with E-state index < -0.39 is 0 Å². The van der Waals surface area contributed by atoms with Gasteiger partial charge in [-0.15, -0.1) is 0 Å². The fraction of sp³-hybridized carbons (Fsp3) is 0.273. The summed E-state index contributed by atoms with van der Waals surface area (Å²) < 4.78 is 0. The minimum absolute atomic E-state index is 0.170. The van der Waals surface area contributed by atoms with Crippen LogP contribution in [0.2, 0.25) is 5.02 Å². The van der Waals surface area contributed by atoms with Crippen molar-refractivity contribution in [3.63, 3.8) is 0 Å². The molecule has 1 N–H and O–H groups in total. The number of carbonyl (C=O) groups excluding carboxylic acids is 1. The molecule has 0 unspecified atom stereocenters. The molecule has 3 nitrogen and oxygen atoms in total. The summed E-state index contributed by atoms with van der Waals surface area (Å²) in [5.74, 6) is 0.0535. The summed E-state index contributed by atoms with van der Waals surface area (Å²) in [6.07, 6.45) is 0.931. The van der Waals surface area contributed by atoms with E-state index in [4.69, 9.17) is 16.6 Å². The van der Waals surface area contributed by atoms with Crippen LogP contribution in [0, 0.1) is 6.92 Å². The molecule has 0 radical (unpaired) electrons. The standard InChI is InChI=1S/C22H23ClN2O/c1-5-14(3)19-15-8-6-7-9-16(15)20(25-21(19)22(26)24-4)17-12-13(2)10-11-18(17)23/h6-12,14H,5H2,1-4H3,(H,24,26)/t14-/m1/s1. The molecular weight excluding hydrogens is 344 g/mol. The molecule has 134 valence electrons. The fourth-order valence-corrected chi connectivity index (χ4v) is 3.51. The van der Waals surface area contributed by atoms with Gasteiger partial charge >= 0.3 is 0 Å². The van der Waals surface area contributed by atoms with Crippen molar-refractivity contribution in [3.8, 4) is 11.3 Å². The second-order valence-electron chi connectivity index (χ2n) is 6.64. The van der Waals surface area contributed by atoms with Crippen molar-refractivity contribution >= 4 is 28.3 Å². The third-order valence-electron chi connectivity index (χ3n) is 4.88. The first-order valence-corrected chi connectivity index (χ1v) is 9.27. The lowest BCUT2D eigenvalue weighted by Gasteiger charge is -2.19. The van der Waals surface area contributed by atoms with Gasteiger partial charge in [0.2, 0.25) is 0 Å². The van der Waals surface area contributed by atoms with Crippen molar-refractivity contribution in [1.82, 2.24) is 10.3 Å². The van der Waals surface area contributed by atoms with Crippen LogP contribution in [0.3, 0.4) is 0 Å². The molecule has 1 amide bonds. The zero-order valence-electron chi connectivity index (χ0n) is 15.6. The quantitative estimate of drug-likeness (QED) is 0.640. The summed E-state index contributed by atoms with van der Waals surface area (Å²) >= 11 is 6.49. The number of carbonyl (C=O) groups is 1. The number of halogens is 1. The highest BCUT2D eigenvalue weighted by Crippen LogP contribution is 2.38. The van der Waals surface area contributed by atoms with Crippen LogP contribution >= 0.6 is 11.6 Å². The Bertz CT molecular complexity index is 981. The Labute approximate surface area is 159 Å². The van der Waals surface area contributed by atoms with E-state index in [0.29, 0.717) is 10.7 Å². The van der Waals surface area contributed by atoms with Crippen molar-refractivity contribution < 1.29 is 4.79 Å². The first-order chi connectivity index (χ1) is 12.5. The highest BCUT2D eigenvalue weighted by molar-refractivity contribution is 6.33. The number of nitrogens with one attached hydrogen (secondary N) is 1. The number of hydrogen-bond acceptors (Lipinski definition) is 2. The van der Waals surface area contributed by atoms with Crippen molar-refractivity contribution in [2.75, 3.05) is 7.05 Å². The Hall–Kier alpha value is -2.39. The smallest absolute Gasteiger partial charge is 0.269 e. The zero-order valence-corrected chi connectivity index (χ0v) is 16.3. The number of pyridine rings is 1. The van der Waals surface area contributed by atoms with E-state index >= 15 is 0 Å². The summed E-state index contributed by atoms with van der Waals surface area (Å²) in [6, 6.07) is 14.0. The number of nitrogens with zero attached hydrogens (tertiary/aromatic N) is 1. The second-order valence-corrected chi connectivity index (χ2v) is 7.05. The van der Waals surface area contributed by atoms with Gasteiger partial charge in [0.15, 0.2) is 0 Å². The molecule has 3 rings (SSSR count). The maximum absolute atomic E-state index is 12.6. The average molecular weight is 367 g/mol. The lowest BCUT2D eigenvalue weighted by Crippen LogP contribution is -2.22. The number of hydrogen-bond donors (Lipinski definition) is 1. The molecule has 1 aromatic heterocycles. The van der Waals surface area contributed by atoms with Gasteiger partial charge in [0.25, 0.3) is 5.91 Å². The summed E-state index contributed by atoms with van der Waals surface area (Å²) in [6.45, 7) is 6.28. The second kappa shape index (κ2) is 7.46. The molecule has 26 heavy (non-hydrogen) atoms. The predicted molar refractivity (Wildman–Crippen MR) is 109 cm³/mol. The highest BCUT2D eigenvalue weighted by Gasteiger charge is 2.23. The van der Waals surface area contributed by atoms with Gasteiger partial charge in [-0.25, -0.2) is 4.98 Å². The molecule has 0 saturated heterocycles. The Morgan fingerprint density at radius 1 is 1.19 bits per heavy atom. The average Bonchev–Trinajstić information content (AvgIpc) is 2.67. The molecule has 0 aliphatic rings. The van der Waals surface area contributed by atoms with E-state index in [2.05, 4.69) is 31.3 Å². The van der Waals surface area contributed by atoms with Gasteiger partial charge in [-0.1, -0.05) is 61.3 Å². The monoisotopic (exact) mass is 366 g/mol. The SMILES string of the molecule is CC[C@@H](C)c1c(C(=O)NC)nc(-c2cc(C)ccc2Cl)c2ccccc12. The number of amides is 1. The van der Waals surface area contributed by atoms with Crippen molar-refractivity contribution in [3.05, 3.63) is 64.3 Å². The van der Waals surface area contributed by atoms with Crippen molar-refractivity contribution in [1.29, 1.82) is 0 Å². The Morgan fingerprint density at radius 2 is 1.88 bits per heavy atom. The Balaban J connectivity index is 2.45. The highest BCUT2D eigenvalue weighted by atomic mass is 35.5. The minimum atomic E-state index is -0.170. The molecule has 0 fully saturated rings. The van der Waals surface area contributed by atoms with Gasteiger partial charge in [-0.2, -0.15) is 0 Å². The van der Waals surface area contributed by atoms with Crippen LogP contribution in [0.25, 0.3) is 22.0 Å². The van der Waals surface area contributed by atoms with Gasteiger partial charge in [-0.3, -0.25) is 4.79 Å². The number of rotatable bonds is 4. The van der Waals surface area contributed by atoms with Crippen LogP contribution in [-0.2, 0) is 0 Å². The largest absolute Gasteiger partial charge is 0.354 e. The maximum Gasteiger partial charge on any atom is 0.269 e. The lowest BCUT2D eigenvalue weighted by molar-refractivity contribution is 0.0957. The summed E-state index contributed by atoms with van der Waals surface area (Å²) in [5, 5.41) is 5.44. The van der Waals surface area contributed by atoms with E-state index in [9.17, 15) is 4.79 Å². The molecular formula is C22H23ClN2O. The number of aromatic nitrogens is 1. The number of fused-ring (bicyclic) bond motifs is 1. The van der Waals surface area contributed by atoms with E-state index in [1.807, 2.05) is 37.3 Å². The van der Waals surface area contributed by atoms with Crippen molar-refractivity contribution in [2.45, 2.75) is 33.1 Å². The van der Waals surface area contributed by atoms with Crippen LogP contribution in [0.15, 0.2) is 42.5 Å². The summed E-state index contributed by atoms with van der Waals surface area (Å²) in [4.78, 5) is 17.4. The summed E-state index contributed by atoms with van der Waals surface area (Å²) in [7, 11) is 1.64. The molecule has 3 aromatic rings. The molecule has 4 heteroatoms. The number of aryl methyl sites for hydroxylation is 1. The minimum Gasteiger partial charge on any atom is -0.354 e. The molecule has 0 aliphatic carbocycles. The normalized spacial score (nSPS) is 12.2. The third-order valence-corrected chi connectivity index (χ3v) is 5.20. The Morgan fingerprint density at radius 3 is 2.54 bits per heavy atom. The third kappa shape index (κ3) is 3.19. The Kier molecular flexibility index (Phi) is 5.28. The summed E-state index contributed by atoms with van der Waals surface area (Å²) in [5.41, 5.74) is 4.18. The maximum atomic E-state index is 12.6. The molecule has 0 spiro atoms. The van der Waals surface area contributed by atoms with Crippen LogP contribution in [0.1, 0.15) is 47.8 Å². The van der Waals surface area contributed by atoms with Gasteiger partial charge in [-0.05, 0) is 42.3 Å². The molecule has 2 aromatic carbocycles. The van der Waals surface area contributed by atoms with Gasteiger partial charge in [0.1, 0.15) is 5.69 Å². The van der Waals surface area contributed by atoms with E-state index in [1.54, 1.807) is 7.05 Å². The number of benzene rings is 2. The zero-order chi connectivity index (χ0) is 18.8. The van der Waals surface area contributed by atoms with E-state index in [1.165, 1.54) is 0 Å². The first kappa shape index (κ1) is 18.4. The van der Waals surface area contributed by atoms with Crippen molar-refractivity contribution in [2.24, 2.45) is 0 Å². The van der Waals surface area contributed by atoms with Gasteiger partial charge < -0.3 is 5.32 Å². The molecule has 0 bridgehead atoms. The van der Waals surface area contributed by atoms with E-state index in [-0.39, 0.29) is 11.8 Å². The van der Waals surface area contributed by atoms with Crippen LogP contribution in [0.5, 0.6) is 0 Å².